The van der Waals surface area contributed by atoms with Crippen LogP contribution in [0.1, 0.15) is 17.5 Å². The molecule has 0 aliphatic heterocycles. The second-order valence-electron chi connectivity index (χ2n) is 4.22. The predicted molar refractivity (Wildman–Crippen MR) is 80.8 cm³/mol. The fourth-order valence-corrected chi connectivity index (χ4v) is 1.89. The number of hydrogen-bond donors (Lipinski definition) is 1. The van der Waals surface area contributed by atoms with Crippen molar-refractivity contribution < 1.29 is 9.84 Å². The first-order valence-electron chi connectivity index (χ1n) is 6.35. The third-order valence-electron chi connectivity index (χ3n) is 2.60. The van der Waals surface area contributed by atoms with Crippen molar-refractivity contribution >= 4 is 11.6 Å². The standard InChI is InChI=1S/C17H15ClO2/c18-16-8-3-7-15(11-16)13-20-17-9-4-6-14(12-17)5-1-2-10-19/h3-4,6-9,11-12,19H,2,10,13H2. The van der Waals surface area contributed by atoms with Crippen molar-refractivity contribution in [2.45, 2.75) is 13.0 Å². The number of aliphatic hydroxyl groups excluding tert-OH is 1. The summed E-state index contributed by atoms with van der Waals surface area (Å²) >= 11 is 5.93. The molecule has 0 aliphatic rings. The average Bonchev–Trinajstić information content (AvgIpc) is 2.46. The quantitative estimate of drug-likeness (QED) is 0.869. The van der Waals surface area contributed by atoms with Crippen LogP contribution in [0, 0.1) is 11.8 Å². The van der Waals surface area contributed by atoms with Gasteiger partial charge >= 0.3 is 0 Å². The molecule has 2 aromatic rings. The number of ether oxygens (including phenoxy) is 1. The zero-order valence-electron chi connectivity index (χ0n) is 11.0. The smallest absolute Gasteiger partial charge is 0.121 e. The van der Waals surface area contributed by atoms with Gasteiger partial charge in [0.1, 0.15) is 12.4 Å². The van der Waals surface area contributed by atoms with Gasteiger partial charge in [0.2, 0.25) is 0 Å². The molecule has 20 heavy (non-hydrogen) atoms. The van der Waals surface area contributed by atoms with E-state index in [1.54, 1.807) is 0 Å². The molecule has 2 rings (SSSR count). The van der Waals surface area contributed by atoms with Gasteiger partial charge in [0.25, 0.3) is 0 Å². The molecule has 0 aliphatic carbocycles. The van der Waals surface area contributed by atoms with Crippen LogP contribution >= 0.6 is 11.6 Å². The van der Waals surface area contributed by atoms with Crippen LogP contribution in [0.2, 0.25) is 5.02 Å². The highest BCUT2D eigenvalue weighted by molar-refractivity contribution is 6.30. The lowest BCUT2D eigenvalue weighted by atomic mass is 10.2. The molecule has 2 aromatic carbocycles. The molecule has 1 N–H and O–H groups in total. The van der Waals surface area contributed by atoms with Crippen LogP contribution in [0.5, 0.6) is 5.75 Å². The maximum atomic E-state index is 8.69. The predicted octanol–water partition coefficient (Wildman–Crippen LogP) is 3.65. The van der Waals surface area contributed by atoms with E-state index < -0.39 is 0 Å². The molecule has 0 saturated carbocycles. The van der Waals surface area contributed by atoms with Crippen LogP contribution in [-0.4, -0.2) is 11.7 Å². The van der Waals surface area contributed by atoms with Gasteiger partial charge in [-0.25, -0.2) is 0 Å². The van der Waals surface area contributed by atoms with Crippen molar-refractivity contribution in [3.8, 4) is 17.6 Å². The highest BCUT2D eigenvalue weighted by Crippen LogP contribution is 2.16. The molecule has 0 unspecified atom stereocenters. The maximum Gasteiger partial charge on any atom is 0.121 e. The molecule has 0 aromatic heterocycles. The largest absolute Gasteiger partial charge is 0.489 e. The molecule has 0 fully saturated rings. The van der Waals surface area contributed by atoms with Crippen molar-refractivity contribution in [2.75, 3.05) is 6.61 Å². The van der Waals surface area contributed by atoms with E-state index in [-0.39, 0.29) is 6.61 Å². The van der Waals surface area contributed by atoms with Gasteiger partial charge < -0.3 is 9.84 Å². The number of benzene rings is 2. The minimum absolute atomic E-state index is 0.0813. The average molecular weight is 287 g/mol. The first kappa shape index (κ1) is 14.5. The van der Waals surface area contributed by atoms with E-state index in [0.717, 1.165) is 16.9 Å². The Kier molecular flexibility index (Phi) is 5.49. The number of rotatable bonds is 4. The van der Waals surface area contributed by atoms with Crippen molar-refractivity contribution in [1.82, 2.24) is 0 Å². The van der Waals surface area contributed by atoms with E-state index in [9.17, 15) is 0 Å². The fraction of sp³-hybridized carbons (Fsp3) is 0.176. The van der Waals surface area contributed by atoms with E-state index >= 15 is 0 Å². The molecule has 102 valence electrons. The van der Waals surface area contributed by atoms with Gasteiger partial charge in [-0.1, -0.05) is 41.6 Å². The summed E-state index contributed by atoms with van der Waals surface area (Å²) in [5.41, 5.74) is 1.90. The molecule has 0 amide bonds. The highest BCUT2D eigenvalue weighted by atomic mass is 35.5. The Morgan fingerprint density at radius 3 is 2.75 bits per heavy atom. The lowest BCUT2D eigenvalue weighted by Gasteiger charge is -2.06. The Morgan fingerprint density at radius 1 is 1.10 bits per heavy atom. The molecule has 3 heteroatoms. The SMILES string of the molecule is OCCC#Cc1cccc(OCc2cccc(Cl)c2)c1. The third kappa shape index (κ3) is 4.62. The topological polar surface area (TPSA) is 29.5 Å². The zero-order chi connectivity index (χ0) is 14.2. The second kappa shape index (κ2) is 7.59. The van der Waals surface area contributed by atoms with Crippen LogP contribution in [0.3, 0.4) is 0 Å². The van der Waals surface area contributed by atoms with Gasteiger partial charge in [-0.3, -0.25) is 0 Å². The molecular formula is C17H15ClO2. The Labute approximate surface area is 124 Å². The van der Waals surface area contributed by atoms with Gasteiger partial charge in [0.05, 0.1) is 6.61 Å². The van der Waals surface area contributed by atoms with Crippen molar-refractivity contribution in [3.05, 3.63) is 64.7 Å². The summed E-state index contributed by atoms with van der Waals surface area (Å²) in [6, 6.07) is 15.2. The first-order valence-corrected chi connectivity index (χ1v) is 6.73. The molecule has 0 heterocycles. The lowest BCUT2D eigenvalue weighted by Crippen LogP contribution is -1.95. The second-order valence-corrected chi connectivity index (χ2v) is 4.66. The Hall–Kier alpha value is -1.95. The van der Waals surface area contributed by atoms with Crippen LogP contribution in [0.4, 0.5) is 0 Å². The molecule has 0 bridgehead atoms. The summed E-state index contributed by atoms with van der Waals surface area (Å²) in [7, 11) is 0. The van der Waals surface area contributed by atoms with E-state index in [1.807, 2.05) is 48.5 Å². The summed E-state index contributed by atoms with van der Waals surface area (Å²) in [6.45, 7) is 0.548. The Morgan fingerprint density at radius 2 is 1.95 bits per heavy atom. The summed E-state index contributed by atoms with van der Waals surface area (Å²) < 4.78 is 5.72. The van der Waals surface area contributed by atoms with Gasteiger partial charge in [-0.15, -0.1) is 0 Å². The van der Waals surface area contributed by atoms with Crippen molar-refractivity contribution in [2.24, 2.45) is 0 Å². The Bertz CT molecular complexity index is 626. The summed E-state index contributed by atoms with van der Waals surface area (Å²) in [5.74, 6) is 6.63. The van der Waals surface area contributed by atoms with Gasteiger partial charge in [0.15, 0.2) is 0 Å². The summed E-state index contributed by atoms with van der Waals surface area (Å²) in [6.07, 6.45) is 0.480. The monoisotopic (exact) mass is 286 g/mol. The number of halogens is 1. The van der Waals surface area contributed by atoms with Gasteiger partial charge in [-0.2, -0.15) is 0 Å². The molecular weight excluding hydrogens is 272 g/mol. The summed E-state index contributed by atoms with van der Waals surface area (Å²) in [4.78, 5) is 0. The van der Waals surface area contributed by atoms with Crippen LogP contribution in [-0.2, 0) is 6.61 Å². The molecule has 2 nitrogen and oxygen atoms in total. The van der Waals surface area contributed by atoms with Gasteiger partial charge in [-0.05, 0) is 35.9 Å². The fourth-order valence-electron chi connectivity index (χ4n) is 1.68. The van der Waals surface area contributed by atoms with E-state index in [1.165, 1.54) is 0 Å². The van der Waals surface area contributed by atoms with Crippen molar-refractivity contribution in [1.29, 1.82) is 0 Å². The van der Waals surface area contributed by atoms with E-state index in [4.69, 9.17) is 21.4 Å². The van der Waals surface area contributed by atoms with Crippen molar-refractivity contribution in [3.63, 3.8) is 0 Å². The van der Waals surface area contributed by atoms with Crippen LogP contribution < -0.4 is 4.74 Å². The molecule has 0 radical (unpaired) electrons. The van der Waals surface area contributed by atoms with E-state index in [0.29, 0.717) is 18.1 Å². The summed E-state index contributed by atoms with van der Waals surface area (Å²) in [5, 5.41) is 9.40. The molecule has 0 atom stereocenters. The minimum Gasteiger partial charge on any atom is -0.489 e. The molecule has 0 spiro atoms. The highest BCUT2D eigenvalue weighted by Gasteiger charge is 1.98. The number of hydrogen-bond acceptors (Lipinski definition) is 2. The Balaban J connectivity index is 2.00. The third-order valence-corrected chi connectivity index (χ3v) is 2.83. The minimum atomic E-state index is 0.0813. The first-order chi connectivity index (χ1) is 9.78. The zero-order valence-corrected chi connectivity index (χ0v) is 11.7. The van der Waals surface area contributed by atoms with E-state index in [2.05, 4.69) is 11.8 Å². The van der Waals surface area contributed by atoms with Crippen LogP contribution in [0.25, 0.3) is 0 Å². The maximum absolute atomic E-state index is 8.69. The molecule has 0 saturated heterocycles. The lowest BCUT2D eigenvalue weighted by molar-refractivity contribution is 0.305. The van der Waals surface area contributed by atoms with Crippen LogP contribution in [0.15, 0.2) is 48.5 Å². The van der Waals surface area contributed by atoms with Gasteiger partial charge in [0, 0.05) is 17.0 Å². The normalized spacial score (nSPS) is 9.70. The number of aliphatic hydroxyl groups is 1.